The van der Waals surface area contributed by atoms with Crippen molar-refractivity contribution >= 4 is 5.91 Å². The summed E-state index contributed by atoms with van der Waals surface area (Å²) in [5.74, 6) is 1.54. The maximum Gasteiger partial charge on any atom is 0.237 e. The molecule has 2 unspecified atom stereocenters. The molecule has 0 saturated carbocycles. The molecule has 1 aliphatic rings. The largest absolute Gasteiger partial charge is 0.454 e. The number of nitrogens with one attached hydrogen (secondary N) is 2. The van der Waals surface area contributed by atoms with E-state index in [1.165, 1.54) is 0 Å². The van der Waals surface area contributed by atoms with Crippen LogP contribution in [0, 0.1) is 0 Å². The number of carbonyl (C=O) groups excluding carboxylic acids is 1. The quantitative estimate of drug-likeness (QED) is 0.864. The van der Waals surface area contributed by atoms with Crippen molar-refractivity contribution in [1.82, 2.24) is 10.6 Å². The lowest BCUT2D eigenvalue weighted by molar-refractivity contribution is -0.123. The van der Waals surface area contributed by atoms with Gasteiger partial charge in [-0.05, 0) is 45.4 Å². The molecular weight excluding hydrogens is 256 g/mol. The number of hydrogen-bond donors (Lipinski definition) is 2. The summed E-state index contributed by atoms with van der Waals surface area (Å²) in [6.45, 7) is 8.06. The fraction of sp³-hybridized carbons (Fsp3) is 0.533. The van der Waals surface area contributed by atoms with Crippen molar-refractivity contribution in [3.63, 3.8) is 0 Å². The van der Waals surface area contributed by atoms with E-state index < -0.39 is 0 Å². The van der Waals surface area contributed by atoms with E-state index in [9.17, 15) is 4.79 Å². The van der Waals surface area contributed by atoms with Crippen molar-refractivity contribution in [2.24, 2.45) is 0 Å². The van der Waals surface area contributed by atoms with E-state index in [4.69, 9.17) is 9.47 Å². The molecule has 2 N–H and O–H groups in total. The number of rotatable bonds is 5. The third-order valence-corrected chi connectivity index (χ3v) is 3.22. The van der Waals surface area contributed by atoms with Gasteiger partial charge in [0.15, 0.2) is 11.5 Å². The molecule has 0 bridgehead atoms. The second-order valence-electron chi connectivity index (χ2n) is 5.39. The first kappa shape index (κ1) is 14.7. The standard InChI is InChI=1S/C15H22N2O3/c1-9(2)16-15(18)11(4)17-10(3)12-5-6-13-14(7-12)20-8-19-13/h5-7,9-11,17H,8H2,1-4H3,(H,16,18). The molecule has 1 aromatic carbocycles. The Labute approximate surface area is 119 Å². The SMILES string of the molecule is CC(C)NC(=O)C(C)NC(C)c1ccc2c(c1)OCO2. The predicted octanol–water partition coefficient (Wildman–Crippen LogP) is 1.98. The first-order valence-corrected chi connectivity index (χ1v) is 6.93. The fourth-order valence-corrected chi connectivity index (χ4v) is 2.14. The molecule has 1 aliphatic heterocycles. The van der Waals surface area contributed by atoms with E-state index in [0.29, 0.717) is 0 Å². The van der Waals surface area contributed by atoms with Gasteiger partial charge in [-0.25, -0.2) is 0 Å². The molecule has 1 amide bonds. The van der Waals surface area contributed by atoms with Crippen molar-refractivity contribution < 1.29 is 14.3 Å². The normalized spacial score (nSPS) is 16.1. The molecule has 5 heteroatoms. The molecular formula is C15H22N2O3. The molecule has 1 heterocycles. The summed E-state index contributed by atoms with van der Waals surface area (Å²) in [5.41, 5.74) is 1.07. The van der Waals surface area contributed by atoms with Gasteiger partial charge >= 0.3 is 0 Å². The average Bonchev–Trinajstić information content (AvgIpc) is 2.84. The summed E-state index contributed by atoms with van der Waals surface area (Å²) in [6.07, 6.45) is 0. The Morgan fingerprint density at radius 1 is 1.15 bits per heavy atom. The lowest BCUT2D eigenvalue weighted by atomic mass is 10.1. The molecule has 0 radical (unpaired) electrons. The number of benzene rings is 1. The molecule has 0 spiro atoms. The Morgan fingerprint density at radius 3 is 2.55 bits per heavy atom. The van der Waals surface area contributed by atoms with Gasteiger partial charge in [0.05, 0.1) is 6.04 Å². The summed E-state index contributed by atoms with van der Waals surface area (Å²) in [6, 6.07) is 5.78. The van der Waals surface area contributed by atoms with Gasteiger partial charge in [0, 0.05) is 12.1 Å². The lowest BCUT2D eigenvalue weighted by Crippen LogP contribution is -2.45. The van der Waals surface area contributed by atoms with Gasteiger partial charge in [-0.15, -0.1) is 0 Å². The Bertz CT molecular complexity index is 488. The van der Waals surface area contributed by atoms with E-state index in [1.54, 1.807) is 0 Å². The molecule has 2 atom stereocenters. The van der Waals surface area contributed by atoms with Crippen LogP contribution in [0.3, 0.4) is 0 Å². The summed E-state index contributed by atoms with van der Waals surface area (Å²) in [5, 5.41) is 6.18. The van der Waals surface area contributed by atoms with Crippen LogP contribution in [0.4, 0.5) is 0 Å². The zero-order valence-corrected chi connectivity index (χ0v) is 12.4. The third-order valence-electron chi connectivity index (χ3n) is 3.22. The Kier molecular flexibility index (Phi) is 4.49. The minimum Gasteiger partial charge on any atom is -0.454 e. The highest BCUT2D eigenvalue weighted by Gasteiger charge is 2.19. The van der Waals surface area contributed by atoms with Gasteiger partial charge < -0.3 is 14.8 Å². The van der Waals surface area contributed by atoms with Crippen LogP contribution in [-0.4, -0.2) is 24.8 Å². The maximum absolute atomic E-state index is 11.9. The number of carbonyl (C=O) groups is 1. The van der Waals surface area contributed by atoms with Gasteiger partial charge in [0.1, 0.15) is 0 Å². The van der Waals surface area contributed by atoms with E-state index in [0.717, 1.165) is 17.1 Å². The summed E-state index contributed by atoms with van der Waals surface area (Å²) in [7, 11) is 0. The Morgan fingerprint density at radius 2 is 1.85 bits per heavy atom. The Hall–Kier alpha value is -1.75. The van der Waals surface area contributed by atoms with Crippen molar-refractivity contribution in [1.29, 1.82) is 0 Å². The van der Waals surface area contributed by atoms with Crippen LogP contribution in [0.5, 0.6) is 11.5 Å². The second-order valence-corrected chi connectivity index (χ2v) is 5.39. The number of ether oxygens (including phenoxy) is 2. The minimum absolute atomic E-state index is 0.00703. The molecule has 1 aromatic rings. The summed E-state index contributed by atoms with van der Waals surface area (Å²) >= 11 is 0. The van der Waals surface area contributed by atoms with Gasteiger partial charge in [0.25, 0.3) is 0 Å². The van der Waals surface area contributed by atoms with Gasteiger partial charge in [0.2, 0.25) is 12.7 Å². The molecule has 5 nitrogen and oxygen atoms in total. The first-order valence-electron chi connectivity index (χ1n) is 6.93. The van der Waals surface area contributed by atoms with E-state index in [-0.39, 0.29) is 30.8 Å². The van der Waals surface area contributed by atoms with E-state index >= 15 is 0 Å². The molecule has 0 saturated heterocycles. The fourth-order valence-electron chi connectivity index (χ4n) is 2.14. The summed E-state index contributed by atoms with van der Waals surface area (Å²) in [4.78, 5) is 11.9. The number of amides is 1. The van der Waals surface area contributed by atoms with Crippen LogP contribution in [-0.2, 0) is 4.79 Å². The first-order chi connectivity index (χ1) is 9.47. The van der Waals surface area contributed by atoms with E-state index in [2.05, 4.69) is 10.6 Å². The highest BCUT2D eigenvalue weighted by Crippen LogP contribution is 2.34. The van der Waals surface area contributed by atoms with Crippen LogP contribution in [0.25, 0.3) is 0 Å². The van der Waals surface area contributed by atoms with Gasteiger partial charge in [-0.3, -0.25) is 10.1 Å². The predicted molar refractivity (Wildman–Crippen MR) is 76.9 cm³/mol. The third kappa shape index (κ3) is 3.42. The lowest BCUT2D eigenvalue weighted by Gasteiger charge is -2.21. The summed E-state index contributed by atoms with van der Waals surface area (Å²) < 4.78 is 10.7. The van der Waals surface area contributed by atoms with Crippen LogP contribution >= 0.6 is 0 Å². The molecule has 20 heavy (non-hydrogen) atoms. The molecule has 2 rings (SSSR count). The van der Waals surface area contributed by atoms with Crippen molar-refractivity contribution in [2.45, 2.75) is 45.8 Å². The maximum atomic E-state index is 11.9. The Balaban J connectivity index is 1.97. The van der Waals surface area contributed by atoms with Crippen LogP contribution in [0.15, 0.2) is 18.2 Å². The second kappa shape index (κ2) is 6.13. The van der Waals surface area contributed by atoms with E-state index in [1.807, 2.05) is 45.9 Å². The van der Waals surface area contributed by atoms with Crippen LogP contribution in [0.1, 0.15) is 39.3 Å². The zero-order chi connectivity index (χ0) is 14.7. The highest BCUT2D eigenvalue weighted by molar-refractivity contribution is 5.81. The average molecular weight is 278 g/mol. The minimum atomic E-state index is -0.252. The molecule has 0 aliphatic carbocycles. The van der Waals surface area contributed by atoms with Crippen molar-refractivity contribution in [3.05, 3.63) is 23.8 Å². The monoisotopic (exact) mass is 278 g/mol. The molecule has 0 aromatic heterocycles. The number of fused-ring (bicyclic) bond motifs is 1. The smallest absolute Gasteiger partial charge is 0.237 e. The van der Waals surface area contributed by atoms with Crippen LogP contribution in [0.2, 0.25) is 0 Å². The number of hydrogen-bond acceptors (Lipinski definition) is 4. The van der Waals surface area contributed by atoms with Crippen LogP contribution < -0.4 is 20.1 Å². The highest BCUT2D eigenvalue weighted by atomic mass is 16.7. The molecule has 0 fully saturated rings. The van der Waals surface area contributed by atoms with Gasteiger partial charge in [-0.1, -0.05) is 6.07 Å². The zero-order valence-electron chi connectivity index (χ0n) is 12.4. The topological polar surface area (TPSA) is 59.6 Å². The molecule has 110 valence electrons. The van der Waals surface area contributed by atoms with Crippen molar-refractivity contribution in [2.75, 3.05) is 6.79 Å². The van der Waals surface area contributed by atoms with Gasteiger partial charge in [-0.2, -0.15) is 0 Å². The van der Waals surface area contributed by atoms with Crippen molar-refractivity contribution in [3.8, 4) is 11.5 Å².